The van der Waals surface area contributed by atoms with Gasteiger partial charge in [0, 0.05) is 5.57 Å². The predicted molar refractivity (Wildman–Crippen MR) is 208 cm³/mol. The molecule has 4 aliphatic carbocycles. The van der Waals surface area contributed by atoms with E-state index in [4.69, 9.17) is 6.42 Å². The van der Waals surface area contributed by atoms with Gasteiger partial charge in [0.15, 0.2) is 0 Å². The molecule has 0 bridgehead atoms. The van der Waals surface area contributed by atoms with Crippen LogP contribution in [0, 0.1) is 76.9 Å². The summed E-state index contributed by atoms with van der Waals surface area (Å²) in [6.07, 6.45) is 39.3. The van der Waals surface area contributed by atoms with Crippen LogP contribution < -0.4 is 0 Å². The number of hydrogen-bond acceptors (Lipinski definition) is 0. The van der Waals surface area contributed by atoms with Gasteiger partial charge in [-0.2, -0.15) is 0 Å². The first-order chi connectivity index (χ1) is 21.4. The molecule has 0 aromatic heterocycles. The average Bonchev–Trinajstić information content (AvgIpc) is 3.14. The first kappa shape index (κ1) is 42.1. The third-order valence-electron chi connectivity index (χ3n) is 12.8. The molecule has 0 amide bonds. The Bertz CT molecular complexity index is 944. The molecule has 0 aliphatic heterocycles. The molecule has 9 unspecified atom stereocenters. The summed E-state index contributed by atoms with van der Waals surface area (Å²) in [5.74, 6) is 8.38. The third-order valence-corrected chi connectivity index (χ3v) is 14.4. The Hall–Kier alpha value is -0.970. The maximum absolute atomic E-state index is 5.32. The van der Waals surface area contributed by atoms with Gasteiger partial charge in [-0.25, -0.2) is 0 Å². The molecule has 9 atom stereocenters. The summed E-state index contributed by atoms with van der Waals surface area (Å²) in [5, 5.41) is 0. The number of rotatable bonds is 8. The van der Waals surface area contributed by atoms with Crippen molar-refractivity contribution in [2.24, 2.45) is 51.8 Å². The van der Waals surface area contributed by atoms with E-state index in [2.05, 4.69) is 87.7 Å². The van der Waals surface area contributed by atoms with E-state index in [0.717, 1.165) is 55.8 Å². The van der Waals surface area contributed by atoms with E-state index in [1.54, 1.807) is 5.57 Å². The fraction of sp³-hybridized carbons (Fsp3) is 0.818. The third kappa shape index (κ3) is 11.3. The van der Waals surface area contributed by atoms with Crippen molar-refractivity contribution >= 4 is 8.58 Å². The van der Waals surface area contributed by atoms with Crippen molar-refractivity contribution in [2.45, 2.75) is 166 Å². The van der Waals surface area contributed by atoms with Crippen LogP contribution in [-0.4, -0.2) is 12.3 Å². The fourth-order valence-corrected chi connectivity index (χ4v) is 11.7. The van der Waals surface area contributed by atoms with Gasteiger partial charge in [-0.3, -0.25) is 0 Å². The lowest BCUT2D eigenvalue weighted by atomic mass is 9.42. The van der Waals surface area contributed by atoms with E-state index in [9.17, 15) is 0 Å². The van der Waals surface area contributed by atoms with Crippen LogP contribution in [0.15, 0.2) is 23.8 Å². The molecule has 4 aliphatic rings. The second-order valence-electron chi connectivity index (χ2n) is 16.6. The molecular weight excluding hydrogens is 559 g/mol. The first-order valence-electron chi connectivity index (χ1n) is 19.2. The van der Waals surface area contributed by atoms with Crippen LogP contribution in [0.5, 0.6) is 0 Å². The SMILES string of the molecule is C#C.C#C/C(=C/C)CPCC(C)CC.C=C(CCC)C1CCCC2C3CCC4CC(C)(C)CCCC4(C)C3CCC12C.CCC. The van der Waals surface area contributed by atoms with Crippen LogP contribution in [0.25, 0.3) is 0 Å². The highest BCUT2D eigenvalue weighted by Gasteiger charge is 2.58. The molecule has 0 nitrogen and oxygen atoms in total. The topological polar surface area (TPSA) is 0 Å². The van der Waals surface area contributed by atoms with E-state index >= 15 is 0 Å². The van der Waals surface area contributed by atoms with Gasteiger partial charge < -0.3 is 0 Å². The van der Waals surface area contributed by atoms with Crippen molar-refractivity contribution < 1.29 is 0 Å². The molecule has 4 fully saturated rings. The number of hydrogen-bond donors (Lipinski definition) is 0. The minimum absolute atomic E-state index is 0.554. The van der Waals surface area contributed by atoms with Crippen LogP contribution in [0.2, 0.25) is 0 Å². The van der Waals surface area contributed by atoms with Gasteiger partial charge >= 0.3 is 0 Å². The Labute approximate surface area is 286 Å². The highest BCUT2D eigenvalue weighted by atomic mass is 31.1. The Kier molecular flexibility index (Phi) is 19.1. The molecule has 0 heterocycles. The maximum atomic E-state index is 5.32. The van der Waals surface area contributed by atoms with E-state index in [1.807, 2.05) is 13.0 Å². The molecule has 0 aromatic carbocycles. The molecular formula is C44H77P. The minimum atomic E-state index is 0.554. The molecule has 0 aromatic rings. The predicted octanol–water partition coefficient (Wildman–Crippen LogP) is 13.8. The lowest BCUT2D eigenvalue weighted by Crippen LogP contribution is -2.55. The summed E-state index contributed by atoms with van der Waals surface area (Å²) >= 11 is 0. The lowest BCUT2D eigenvalue weighted by molar-refractivity contribution is -0.129. The van der Waals surface area contributed by atoms with Crippen LogP contribution in [-0.2, 0) is 0 Å². The minimum Gasteiger partial charge on any atom is -0.124 e. The molecule has 0 saturated heterocycles. The van der Waals surface area contributed by atoms with Gasteiger partial charge in [-0.05, 0) is 135 Å². The van der Waals surface area contributed by atoms with E-state index in [0.29, 0.717) is 16.2 Å². The van der Waals surface area contributed by atoms with Crippen LogP contribution in [0.4, 0.5) is 0 Å². The van der Waals surface area contributed by atoms with Crippen LogP contribution in [0.3, 0.4) is 0 Å². The number of terminal acetylenes is 2. The highest BCUT2D eigenvalue weighted by molar-refractivity contribution is 7.38. The van der Waals surface area contributed by atoms with Crippen molar-refractivity contribution in [1.29, 1.82) is 0 Å². The Morgan fingerprint density at radius 1 is 0.911 bits per heavy atom. The molecule has 0 N–H and O–H groups in total. The number of allylic oxidation sites excluding steroid dienone is 3. The van der Waals surface area contributed by atoms with Gasteiger partial charge in [0.1, 0.15) is 0 Å². The Balaban J connectivity index is 0.000000501. The fourth-order valence-electron chi connectivity index (χ4n) is 10.2. The molecule has 4 rings (SSSR count). The maximum Gasteiger partial charge on any atom is 0.00153 e. The molecule has 4 saturated carbocycles. The summed E-state index contributed by atoms with van der Waals surface area (Å²) in [6.45, 7) is 28.3. The van der Waals surface area contributed by atoms with Gasteiger partial charge in [0.05, 0.1) is 0 Å². The second kappa shape index (κ2) is 20.4. The van der Waals surface area contributed by atoms with E-state index in [-0.39, 0.29) is 0 Å². The van der Waals surface area contributed by atoms with E-state index < -0.39 is 0 Å². The van der Waals surface area contributed by atoms with Gasteiger partial charge in [-0.15, -0.1) is 27.9 Å². The summed E-state index contributed by atoms with van der Waals surface area (Å²) in [7, 11) is 1.00. The first-order valence-corrected chi connectivity index (χ1v) is 20.6. The van der Waals surface area contributed by atoms with Crippen molar-refractivity contribution in [3.63, 3.8) is 0 Å². The molecule has 0 spiro atoms. The summed E-state index contributed by atoms with van der Waals surface area (Å²) < 4.78 is 0. The van der Waals surface area contributed by atoms with Crippen molar-refractivity contribution in [1.82, 2.24) is 0 Å². The molecule has 45 heavy (non-hydrogen) atoms. The van der Waals surface area contributed by atoms with Gasteiger partial charge in [0.2, 0.25) is 0 Å². The number of fused-ring (bicyclic) bond motifs is 5. The normalized spacial score (nSPS) is 34.3. The molecule has 1 heteroatoms. The molecule has 0 radical (unpaired) electrons. The van der Waals surface area contributed by atoms with Crippen molar-refractivity contribution in [2.75, 3.05) is 12.3 Å². The van der Waals surface area contributed by atoms with E-state index in [1.165, 1.54) is 102 Å². The lowest BCUT2D eigenvalue weighted by Gasteiger charge is -2.63. The second-order valence-corrected chi connectivity index (χ2v) is 17.9. The highest BCUT2D eigenvalue weighted by Crippen LogP contribution is 2.67. The van der Waals surface area contributed by atoms with Crippen LogP contribution >= 0.6 is 8.58 Å². The monoisotopic (exact) mass is 637 g/mol. The smallest absolute Gasteiger partial charge is 0.00153 e. The summed E-state index contributed by atoms with van der Waals surface area (Å²) in [5.41, 5.74) is 4.53. The van der Waals surface area contributed by atoms with Crippen molar-refractivity contribution in [3.8, 4) is 25.2 Å². The Morgan fingerprint density at radius 2 is 1.56 bits per heavy atom. The summed E-state index contributed by atoms with van der Waals surface area (Å²) in [6, 6.07) is 0. The van der Waals surface area contributed by atoms with Gasteiger partial charge in [0.25, 0.3) is 0 Å². The van der Waals surface area contributed by atoms with Crippen molar-refractivity contribution in [3.05, 3.63) is 23.8 Å². The Morgan fingerprint density at radius 3 is 2.13 bits per heavy atom. The largest absolute Gasteiger partial charge is 0.124 e. The standard InChI is InChI=1S/C28H48.C11H19P.C3H8.C2H2/c1-7-10-20(2)23-11-8-12-24-22-14-13-21-19-26(3,4)16-9-17-27(21,5)25(22)15-18-28(23,24)6;1-5-10(4)8-12-9-11(6-2)7-3;1-3-2;1-2/h21-25H,2,7-19H2,1,3-6H3;2,7,10,12H,5,8-9H2,1,3-4H3;3H2,1-2H3;1-2H/b;11-7-;;. The average molecular weight is 637 g/mol. The van der Waals surface area contributed by atoms with Gasteiger partial charge in [-0.1, -0.05) is 119 Å². The summed E-state index contributed by atoms with van der Waals surface area (Å²) in [4.78, 5) is 0. The molecule has 258 valence electrons. The van der Waals surface area contributed by atoms with Crippen LogP contribution in [0.1, 0.15) is 166 Å². The quantitative estimate of drug-likeness (QED) is 0.141. The zero-order valence-electron chi connectivity index (χ0n) is 32.0. The zero-order chi connectivity index (χ0) is 34.3. The zero-order valence-corrected chi connectivity index (χ0v) is 33.0.